The molecule has 0 atom stereocenters. The van der Waals surface area contributed by atoms with Crippen molar-refractivity contribution in [3.05, 3.63) is 29.1 Å². The predicted octanol–water partition coefficient (Wildman–Crippen LogP) is 5.40. The number of unbranched alkanes of at least 4 members (excludes halogenated alkanes) is 3. The molecule has 6 heteroatoms. The molecule has 2 aromatic rings. The van der Waals surface area contributed by atoms with E-state index in [0.717, 1.165) is 35.5 Å². The van der Waals surface area contributed by atoms with Gasteiger partial charge in [-0.3, -0.25) is 0 Å². The van der Waals surface area contributed by atoms with Gasteiger partial charge in [-0.2, -0.15) is 0 Å². The van der Waals surface area contributed by atoms with E-state index in [1.165, 1.54) is 24.2 Å². The van der Waals surface area contributed by atoms with Crippen LogP contribution in [0.3, 0.4) is 0 Å². The number of aromatic hydroxyl groups is 1. The van der Waals surface area contributed by atoms with Gasteiger partial charge in [-0.05, 0) is 52.0 Å². The van der Waals surface area contributed by atoms with Gasteiger partial charge in [0.2, 0.25) is 0 Å². The average molecular weight is 391 g/mol. The number of tetrazole rings is 1. The van der Waals surface area contributed by atoms with Crippen molar-refractivity contribution in [2.75, 3.05) is 5.75 Å². The number of H-pyrrole nitrogens is 1. The van der Waals surface area contributed by atoms with Crippen LogP contribution in [0.15, 0.2) is 17.0 Å². The molecule has 1 aromatic carbocycles. The van der Waals surface area contributed by atoms with E-state index < -0.39 is 0 Å². The van der Waals surface area contributed by atoms with Crippen LogP contribution in [0.4, 0.5) is 0 Å². The smallest absolute Gasteiger partial charge is 0.148 e. The van der Waals surface area contributed by atoms with Gasteiger partial charge in [-0.25, -0.2) is 5.10 Å². The Labute approximate surface area is 167 Å². The lowest BCUT2D eigenvalue weighted by Crippen LogP contribution is -2.17. The van der Waals surface area contributed by atoms with Gasteiger partial charge in [-0.15, -0.1) is 16.9 Å². The van der Waals surface area contributed by atoms with Crippen LogP contribution < -0.4 is 0 Å². The zero-order valence-corrected chi connectivity index (χ0v) is 18.4. The number of hydrogen-bond acceptors (Lipinski definition) is 5. The van der Waals surface area contributed by atoms with E-state index in [4.69, 9.17) is 0 Å². The molecule has 0 unspecified atom stereocenters. The number of phenolic OH excluding ortho intramolecular Hbond substituents is 1. The second kappa shape index (κ2) is 9.09. The van der Waals surface area contributed by atoms with Gasteiger partial charge in [-0.1, -0.05) is 54.4 Å². The lowest BCUT2D eigenvalue weighted by molar-refractivity contribution is 0.422. The van der Waals surface area contributed by atoms with Gasteiger partial charge >= 0.3 is 0 Å². The summed E-state index contributed by atoms with van der Waals surface area (Å²) in [6.07, 6.45) is 5.63. The first kappa shape index (κ1) is 21.7. The summed E-state index contributed by atoms with van der Waals surface area (Å²) < 4.78 is 0. The molecule has 5 nitrogen and oxygen atoms in total. The molecule has 0 aliphatic heterocycles. The molecule has 27 heavy (non-hydrogen) atoms. The maximum absolute atomic E-state index is 10.8. The van der Waals surface area contributed by atoms with Crippen LogP contribution in [-0.2, 0) is 17.3 Å². The van der Waals surface area contributed by atoms with Gasteiger partial charge in [0.15, 0.2) is 0 Å². The summed E-state index contributed by atoms with van der Waals surface area (Å²) in [7, 11) is 0. The third kappa shape index (κ3) is 6.52. The number of benzene rings is 1. The van der Waals surface area contributed by atoms with Crippen molar-refractivity contribution in [2.24, 2.45) is 0 Å². The lowest BCUT2D eigenvalue weighted by atomic mass is 9.79. The molecule has 0 aliphatic rings. The standard InChI is InChI=1S/C21H34N4OS/c1-20(2,3)16-13-15(14-17(19(16)26)21(4,5)6)27-12-10-8-7-9-11-18-22-24-25-23-18/h13-14,26H,7-12H2,1-6H3,(H,22,23,24,25). The molecule has 0 saturated carbocycles. The van der Waals surface area contributed by atoms with Crippen molar-refractivity contribution in [2.45, 2.75) is 89.4 Å². The molecule has 0 amide bonds. The summed E-state index contributed by atoms with van der Waals surface area (Å²) in [6, 6.07) is 4.35. The highest BCUT2D eigenvalue weighted by molar-refractivity contribution is 7.99. The third-order valence-corrected chi connectivity index (χ3v) is 5.73. The summed E-state index contributed by atoms with van der Waals surface area (Å²) in [6.45, 7) is 13.0. The van der Waals surface area contributed by atoms with E-state index in [1.807, 2.05) is 11.8 Å². The highest BCUT2D eigenvalue weighted by atomic mass is 32.2. The second-order valence-electron chi connectivity index (χ2n) is 9.23. The Bertz CT molecular complexity index is 680. The normalized spacial score (nSPS) is 12.5. The van der Waals surface area contributed by atoms with E-state index in [2.05, 4.69) is 74.3 Å². The van der Waals surface area contributed by atoms with Crippen molar-refractivity contribution >= 4 is 11.8 Å². The maximum Gasteiger partial charge on any atom is 0.148 e. The first-order valence-electron chi connectivity index (χ1n) is 9.82. The Morgan fingerprint density at radius 3 is 2.04 bits per heavy atom. The van der Waals surface area contributed by atoms with Crippen LogP contribution in [0.1, 0.15) is 84.2 Å². The highest BCUT2D eigenvalue weighted by Gasteiger charge is 2.26. The third-order valence-electron chi connectivity index (χ3n) is 4.67. The first-order chi connectivity index (χ1) is 12.6. The molecule has 2 N–H and O–H groups in total. The number of aromatic amines is 1. The molecule has 0 spiro atoms. The van der Waals surface area contributed by atoms with Crippen molar-refractivity contribution in [1.29, 1.82) is 0 Å². The summed E-state index contributed by atoms with van der Waals surface area (Å²) in [4.78, 5) is 1.26. The number of nitrogens with zero attached hydrogens (tertiary/aromatic N) is 3. The van der Waals surface area contributed by atoms with Crippen molar-refractivity contribution in [3.8, 4) is 5.75 Å². The summed E-state index contributed by atoms with van der Waals surface area (Å²) >= 11 is 1.90. The zero-order chi connectivity index (χ0) is 20.1. The Balaban J connectivity index is 1.89. The molecule has 0 bridgehead atoms. The number of phenols is 1. The van der Waals surface area contributed by atoms with E-state index in [0.29, 0.717) is 5.75 Å². The molecule has 1 heterocycles. The number of hydrogen-bond donors (Lipinski definition) is 2. The SMILES string of the molecule is CC(C)(C)c1cc(SCCCCCCc2nnn[nH]2)cc(C(C)(C)C)c1O. The minimum atomic E-state index is -0.0732. The number of aryl methyl sites for hydroxylation is 1. The second-order valence-corrected chi connectivity index (χ2v) is 10.4. The van der Waals surface area contributed by atoms with Crippen molar-refractivity contribution < 1.29 is 5.11 Å². The minimum Gasteiger partial charge on any atom is -0.507 e. The van der Waals surface area contributed by atoms with Crippen molar-refractivity contribution in [1.82, 2.24) is 20.6 Å². The van der Waals surface area contributed by atoms with Gasteiger partial charge < -0.3 is 5.11 Å². The molecule has 0 fully saturated rings. The molecule has 150 valence electrons. The number of thioether (sulfide) groups is 1. The van der Waals surface area contributed by atoms with E-state index >= 15 is 0 Å². The molecule has 0 radical (unpaired) electrons. The monoisotopic (exact) mass is 390 g/mol. The number of nitrogens with one attached hydrogen (secondary N) is 1. The van der Waals surface area contributed by atoms with Crippen LogP contribution in [0.2, 0.25) is 0 Å². The minimum absolute atomic E-state index is 0.0732. The fourth-order valence-electron chi connectivity index (χ4n) is 3.06. The summed E-state index contributed by atoms with van der Waals surface area (Å²) in [5, 5.41) is 24.7. The van der Waals surface area contributed by atoms with Crippen LogP contribution in [0, 0.1) is 0 Å². The molecular formula is C21H34N4OS. The Kier molecular flexibility index (Phi) is 7.32. The quantitative estimate of drug-likeness (QED) is 0.466. The molecule has 0 aliphatic carbocycles. The molecule has 1 aromatic heterocycles. The Morgan fingerprint density at radius 1 is 0.926 bits per heavy atom. The van der Waals surface area contributed by atoms with Crippen LogP contribution >= 0.6 is 11.8 Å². The molecule has 2 rings (SSSR count). The maximum atomic E-state index is 10.8. The van der Waals surface area contributed by atoms with E-state index in [1.54, 1.807) is 0 Å². The van der Waals surface area contributed by atoms with Gasteiger partial charge in [0.25, 0.3) is 0 Å². The molecule has 0 saturated heterocycles. The topological polar surface area (TPSA) is 74.7 Å². The molecular weight excluding hydrogens is 356 g/mol. The summed E-state index contributed by atoms with van der Waals surface area (Å²) in [5.74, 6) is 2.43. The largest absolute Gasteiger partial charge is 0.507 e. The average Bonchev–Trinajstić information content (AvgIpc) is 3.06. The Hall–Kier alpha value is -1.56. The number of aromatic nitrogens is 4. The fourth-order valence-corrected chi connectivity index (χ4v) is 4.04. The predicted molar refractivity (Wildman–Crippen MR) is 113 cm³/mol. The fraction of sp³-hybridized carbons (Fsp3) is 0.667. The van der Waals surface area contributed by atoms with Gasteiger partial charge in [0.1, 0.15) is 11.6 Å². The summed E-state index contributed by atoms with van der Waals surface area (Å²) in [5.41, 5.74) is 1.93. The van der Waals surface area contributed by atoms with Gasteiger partial charge in [0, 0.05) is 22.4 Å². The van der Waals surface area contributed by atoms with Crippen LogP contribution in [0.5, 0.6) is 5.75 Å². The first-order valence-corrected chi connectivity index (χ1v) is 10.8. The lowest BCUT2D eigenvalue weighted by Gasteiger charge is -2.28. The van der Waals surface area contributed by atoms with Crippen LogP contribution in [-0.4, -0.2) is 31.5 Å². The van der Waals surface area contributed by atoms with Crippen molar-refractivity contribution in [3.63, 3.8) is 0 Å². The van der Waals surface area contributed by atoms with E-state index in [9.17, 15) is 5.11 Å². The van der Waals surface area contributed by atoms with E-state index in [-0.39, 0.29) is 10.8 Å². The highest BCUT2D eigenvalue weighted by Crippen LogP contribution is 2.41. The Morgan fingerprint density at radius 2 is 1.52 bits per heavy atom. The van der Waals surface area contributed by atoms with Crippen LogP contribution in [0.25, 0.3) is 0 Å². The number of rotatable bonds is 8. The zero-order valence-electron chi connectivity index (χ0n) is 17.6. The van der Waals surface area contributed by atoms with Gasteiger partial charge in [0.05, 0.1) is 0 Å².